The van der Waals surface area contributed by atoms with Crippen molar-refractivity contribution < 1.29 is 14.7 Å². The van der Waals surface area contributed by atoms with E-state index in [-0.39, 0.29) is 18.7 Å². The molecule has 1 amide bonds. The molecule has 0 spiro atoms. The van der Waals surface area contributed by atoms with Crippen LogP contribution in [-0.4, -0.2) is 17.0 Å². The third kappa shape index (κ3) is 4.49. The van der Waals surface area contributed by atoms with E-state index in [0.717, 1.165) is 10.0 Å². The standard InChI is InChI=1S/C13H16BrNO3/c1-13(2,9-3-5-10(14)6-4-9)15-11(16)7-8-12(17)18/h3-6H,7-8H2,1-2H3,(H,15,16)(H,17,18). The number of nitrogens with one attached hydrogen (secondary N) is 1. The summed E-state index contributed by atoms with van der Waals surface area (Å²) in [5, 5.41) is 11.4. The molecular formula is C13H16BrNO3. The molecule has 98 valence electrons. The number of hydrogen-bond acceptors (Lipinski definition) is 2. The van der Waals surface area contributed by atoms with Gasteiger partial charge in [-0.3, -0.25) is 9.59 Å². The maximum atomic E-state index is 11.6. The normalized spacial score (nSPS) is 11.1. The molecule has 0 radical (unpaired) electrons. The van der Waals surface area contributed by atoms with Gasteiger partial charge < -0.3 is 10.4 Å². The molecule has 0 unspecified atom stereocenters. The highest BCUT2D eigenvalue weighted by Gasteiger charge is 2.22. The van der Waals surface area contributed by atoms with Gasteiger partial charge in [-0.1, -0.05) is 28.1 Å². The van der Waals surface area contributed by atoms with E-state index >= 15 is 0 Å². The van der Waals surface area contributed by atoms with Crippen LogP contribution in [0.4, 0.5) is 0 Å². The molecule has 0 heterocycles. The van der Waals surface area contributed by atoms with Crippen LogP contribution in [0.1, 0.15) is 32.3 Å². The average Bonchev–Trinajstić information content (AvgIpc) is 2.26. The second-order valence-electron chi connectivity index (χ2n) is 4.57. The number of hydrogen-bond donors (Lipinski definition) is 2. The fourth-order valence-electron chi connectivity index (χ4n) is 1.57. The smallest absolute Gasteiger partial charge is 0.303 e. The third-order valence-corrected chi connectivity index (χ3v) is 3.11. The lowest BCUT2D eigenvalue weighted by Gasteiger charge is -2.27. The first kappa shape index (κ1) is 14.7. The maximum Gasteiger partial charge on any atom is 0.303 e. The highest BCUT2D eigenvalue weighted by Crippen LogP contribution is 2.22. The topological polar surface area (TPSA) is 66.4 Å². The van der Waals surface area contributed by atoms with E-state index in [0.29, 0.717) is 0 Å². The maximum absolute atomic E-state index is 11.6. The van der Waals surface area contributed by atoms with E-state index in [1.807, 2.05) is 38.1 Å². The Morgan fingerprint density at radius 3 is 2.28 bits per heavy atom. The van der Waals surface area contributed by atoms with Crippen LogP contribution >= 0.6 is 15.9 Å². The zero-order valence-corrected chi connectivity index (χ0v) is 12.0. The Morgan fingerprint density at radius 2 is 1.78 bits per heavy atom. The number of carbonyl (C=O) groups is 2. The number of halogens is 1. The lowest BCUT2D eigenvalue weighted by atomic mass is 9.94. The van der Waals surface area contributed by atoms with Crippen LogP contribution in [0.5, 0.6) is 0 Å². The Balaban J connectivity index is 2.66. The Hall–Kier alpha value is -1.36. The molecule has 0 bridgehead atoms. The molecule has 0 aliphatic heterocycles. The quantitative estimate of drug-likeness (QED) is 0.878. The van der Waals surface area contributed by atoms with Gasteiger partial charge >= 0.3 is 5.97 Å². The predicted octanol–water partition coefficient (Wildman–Crippen LogP) is 2.67. The zero-order chi connectivity index (χ0) is 13.8. The predicted molar refractivity (Wildman–Crippen MR) is 72.2 cm³/mol. The van der Waals surface area contributed by atoms with Gasteiger partial charge in [0.05, 0.1) is 12.0 Å². The van der Waals surface area contributed by atoms with Crippen LogP contribution in [0.25, 0.3) is 0 Å². The van der Waals surface area contributed by atoms with Crippen molar-refractivity contribution in [1.82, 2.24) is 5.32 Å². The number of aliphatic carboxylic acids is 1. The molecule has 0 atom stereocenters. The molecule has 0 aromatic heterocycles. The second kappa shape index (κ2) is 6.00. The molecule has 0 aliphatic carbocycles. The summed E-state index contributed by atoms with van der Waals surface area (Å²) in [6, 6.07) is 7.64. The minimum Gasteiger partial charge on any atom is -0.481 e. The van der Waals surface area contributed by atoms with Crippen LogP contribution in [0, 0.1) is 0 Å². The number of benzene rings is 1. The number of carboxylic acids is 1. The van der Waals surface area contributed by atoms with Crippen LogP contribution in [-0.2, 0) is 15.1 Å². The molecule has 2 N–H and O–H groups in total. The van der Waals surface area contributed by atoms with Gasteiger partial charge in [-0.25, -0.2) is 0 Å². The first-order valence-corrected chi connectivity index (χ1v) is 6.39. The molecule has 5 heteroatoms. The van der Waals surface area contributed by atoms with E-state index in [9.17, 15) is 9.59 Å². The van der Waals surface area contributed by atoms with E-state index in [4.69, 9.17) is 5.11 Å². The van der Waals surface area contributed by atoms with Crippen LogP contribution in [0.15, 0.2) is 28.7 Å². The van der Waals surface area contributed by atoms with E-state index < -0.39 is 11.5 Å². The average molecular weight is 314 g/mol. The van der Waals surface area contributed by atoms with Gasteiger partial charge in [0.1, 0.15) is 0 Å². The van der Waals surface area contributed by atoms with Crippen molar-refractivity contribution in [2.24, 2.45) is 0 Å². The highest BCUT2D eigenvalue weighted by molar-refractivity contribution is 9.10. The first-order chi connectivity index (χ1) is 8.31. The lowest BCUT2D eigenvalue weighted by Crippen LogP contribution is -2.41. The van der Waals surface area contributed by atoms with Gasteiger partial charge in [-0.2, -0.15) is 0 Å². The Morgan fingerprint density at radius 1 is 1.22 bits per heavy atom. The largest absolute Gasteiger partial charge is 0.481 e. The third-order valence-electron chi connectivity index (χ3n) is 2.58. The molecule has 0 fully saturated rings. The molecule has 1 aromatic rings. The van der Waals surface area contributed by atoms with E-state index in [1.54, 1.807) is 0 Å². The van der Waals surface area contributed by atoms with Gasteiger partial charge in [-0.15, -0.1) is 0 Å². The number of rotatable bonds is 5. The molecule has 0 aliphatic rings. The molecule has 0 saturated carbocycles. The minimum absolute atomic E-state index is 0.00467. The summed E-state index contributed by atoms with van der Waals surface area (Å²) in [6.45, 7) is 3.77. The van der Waals surface area contributed by atoms with Crippen LogP contribution in [0.3, 0.4) is 0 Å². The van der Waals surface area contributed by atoms with Crippen molar-refractivity contribution in [3.05, 3.63) is 34.3 Å². The van der Waals surface area contributed by atoms with Gasteiger partial charge in [0.2, 0.25) is 5.91 Å². The van der Waals surface area contributed by atoms with Crippen molar-refractivity contribution in [2.45, 2.75) is 32.2 Å². The number of carbonyl (C=O) groups excluding carboxylic acids is 1. The SMILES string of the molecule is CC(C)(NC(=O)CCC(=O)O)c1ccc(Br)cc1. The van der Waals surface area contributed by atoms with Gasteiger partial charge in [0.25, 0.3) is 0 Å². The van der Waals surface area contributed by atoms with Gasteiger partial charge in [0, 0.05) is 10.9 Å². The highest BCUT2D eigenvalue weighted by atomic mass is 79.9. The van der Waals surface area contributed by atoms with Crippen LogP contribution < -0.4 is 5.32 Å². The summed E-state index contributed by atoms with van der Waals surface area (Å²) in [6.07, 6.45) is -0.155. The summed E-state index contributed by atoms with van der Waals surface area (Å²) in [5.74, 6) is -1.23. The monoisotopic (exact) mass is 313 g/mol. The second-order valence-corrected chi connectivity index (χ2v) is 5.49. The molecule has 4 nitrogen and oxygen atoms in total. The summed E-state index contributed by atoms with van der Waals surface area (Å²) in [4.78, 5) is 22.0. The molecule has 1 aromatic carbocycles. The van der Waals surface area contributed by atoms with E-state index in [2.05, 4.69) is 21.2 Å². The lowest BCUT2D eigenvalue weighted by molar-refractivity contribution is -0.139. The van der Waals surface area contributed by atoms with Crippen LogP contribution in [0.2, 0.25) is 0 Å². The van der Waals surface area contributed by atoms with Crippen molar-refractivity contribution in [3.63, 3.8) is 0 Å². The Bertz CT molecular complexity index is 440. The van der Waals surface area contributed by atoms with Crippen molar-refractivity contribution in [1.29, 1.82) is 0 Å². The van der Waals surface area contributed by atoms with Gasteiger partial charge in [-0.05, 0) is 31.5 Å². The summed E-state index contributed by atoms with van der Waals surface area (Å²) in [7, 11) is 0. The summed E-state index contributed by atoms with van der Waals surface area (Å²) in [5.41, 5.74) is 0.449. The molecule has 0 saturated heterocycles. The van der Waals surface area contributed by atoms with E-state index in [1.165, 1.54) is 0 Å². The Labute approximate surface area is 115 Å². The Kier molecular flexibility index (Phi) is 4.90. The van der Waals surface area contributed by atoms with Crippen molar-refractivity contribution in [3.8, 4) is 0 Å². The fourth-order valence-corrected chi connectivity index (χ4v) is 1.83. The fraction of sp³-hybridized carbons (Fsp3) is 0.385. The van der Waals surface area contributed by atoms with Crippen molar-refractivity contribution >= 4 is 27.8 Å². The minimum atomic E-state index is -0.966. The molecular weight excluding hydrogens is 298 g/mol. The molecule has 18 heavy (non-hydrogen) atoms. The number of carboxylic acid groups (broad SMARTS) is 1. The van der Waals surface area contributed by atoms with Gasteiger partial charge in [0.15, 0.2) is 0 Å². The first-order valence-electron chi connectivity index (χ1n) is 5.60. The number of amides is 1. The van der Waals surface area contributed by atoms with Crippen molar-refractivity contribution in [2.75, 3.05) is 0 Å². The summed E-state index contributed by atoms with van der Waals surface area (Å²) >= 11 is 3.35. The zero-order valence-electron chi connectivity index (χ0n) is 10.4. The molecule has 1 rings (SSSR count). The summed E-state index contributed by atoms with van der Waals surface area (Å²) < 4.78 is 0.972.